The third-order valence-corrected chi connectivity index (χ3v) is 3.99. The highest BCUT2D eigenvalue weighted by atomic mass is 19.1. The van der Waals surface area contributed by atoms with Crippen molar-refractivity contribution in [3.05, 3.63) is 107 Å². The summed E-state index contributed by atoms with van der Waals surface area (Å²) in [6, 6.07) is 20.6. The van der Waals surface area contributed by atoms with Gasteiger partial charge in [0.2, 0.25) is 0 Å². The number of aliphatic hydroxyl groups is 1. The van der Waals surface area contributed by atoms with Gasteiger partial charge in [-0.1, -0.05) is 54.3 Å². The maximum Gasteiger partial charge on any atom is 0.125 e. The Labute approximate surface area is 145 Å². The quantitative estimate of drug-likeness (QED) is 0.692. The van der Waals surface area contributed by atoms with E-state index in [4.69, 9.17) is 0 Å². The minimum atomic E-state index is -1.46. The molecule has 0 atom stereocenters. The summed E-state index contributed by atoms with van der Waals surface area (Å²) in [6.07, 6.45) is 0.0964. The fourth-order valence-corrected chi connectivity index (χ4v) is 2.62. The van der Waals surface area contributed by atoms with Crippen molar-refractivity contribution in [3.63, 3.8) is 0 Å². The summed E-state index contributed by atoms with van der Waals surface area (Å²) in [5.41, 5.74) is 0.386. The summed E-state index contributed by atoms with van der Waals surface area (Å²) in [6.45, 7) is 0. The molecule has 25 heavy (non-hydrogen) atoms. The van der Waals surface area contributed by atoms with E-state index in [-0.39, 0.29) is 18.1 Å². The minimum Gasteiger partial charge on any atom is -0.379 e. The average molecular weight is 334 g/mol. The van der Waals surface area contributed by atoms with Crippen LogP contribution in [0, 0.1) is 23.5 Å². The highest BCUT2D eigenvalue weighted by molar-refractivity contribution is 5.40. The van der Waals surface area contributed by atoms with E-state index in [1.807, 2.05) is 30.3 Å². The Kier molecular flexibility index (Phi) is 4.92. The average Bonchev–Trinajstić information content (AvgIpc) is 2.63. The molecule has 3 aromatic rings. The fourth-order valence-electron chi connectivity index (χ4n) is 2.62. The molecule has 0 aromatic heterocycles. The molecule has 3 heteroatoms. The van der Waals surface area contributed by atoms with Gasteiger partial charge in [0.25, 0.3) is 0 Å². The lowest BCUT2D eigenvalue weighted by atomic mass is 9.83. The molecule has 0 heterocycles. The van der Waals surface area contributed by atoms with E-state index in [1.54, 1.807) is 0 Å². The van der Waals surface area contributed by atoms with Crippen molar-refractivity contribution in [2.75, 3.05) is 0 Å². The molecule has 0 radical (unpaired) electrons. The predicted octanol–water partition coefficient (Wildman–Crippen LogP) is 4.64. The van der Waals surface area contributed by atoms with E-state index in [1.165, 1.54) is 48.5 Å². The van der Waals surface area contributed by atoms with Crippen LogP contribution in [-0.2, 0) is 5.60 Å². The smallest absolute Gasteiger partial charge is 0.125 e. The highest BCUT2D eigenvalue weighted by Gasteiger charge is 2.30. The first-order chi connectivity index (χ1) is 12.1. The van der Waals surface area contributed by atoms with Crippen LogP contribution >= 0.6 is 0 Å². The van der Waals surface area contributed by atoms with Crippen LogP contribution in [0.1, 0.15) is 23.1 Å². The Morgan fingerprint density at radius 3 is 1.68 bits per heavy atom. The number of hydrogen-bond donors (Lipinski definition) is 1. The molecule has 0 bridgehead atoms. The van der Waals surface area contributed by atoms with Gasteiger partial charge in [0.1, 0.15) is 17.2 Å². The molecule has 3 rings (SSSR count). The van der Waals surface area contributed by atoms with Gasteiger partial charge in [-0.15, -0.1) is 0 Å². The van der Waals surface area contributed by atoms with Gasteiger partial charge in [0.15, 0.2) is 0 Å². The summed E-state index contributed by atoms with van der Waals surface area (Å²) in [4.78, 5) is 0. The zero-order chi connectivity index (χ0) is 17.7. The van der Waals surface area contributed by atoms with Crippen LogP contribution in [0.4, 0.5) is 8.78 Å². The molecular weight excluding hydrogens is 318 g/mol. The van der Waals surface area contributed by atoms with Crippen molar-refractivity contribution in [1.29, 1.82) is 0 Å². The van der Waals surface area contributed by atoms with E-state index < -0.39 is 5.60 Å². The molecule has 0 unspecified atom stereocenters. The molecule has 0 amide bonds. The SMILES string of the molecule is OC(CC#Cc1ccccc1)(c1ccc(F)cc1)c1ccc(F)cc1. The van der Waals surface area contributed by atoms with Crippen molar-refractivity contribution in [2.24, 2.45) is 0 Å². The van der Waals surface area contributed by atoms with E-state index in [0.29, 0.717) is 11.1 Å². The van der Waals surface area contributed by atoms with Crippen LogP contribution in [0.5, 0.6) is 0 Å². The first kappa shape index (κ1) is 16.9. The molecule has 0 aliphatic carbocycles. The number of rotatable bonds is 3. The van der Waals surface area contributed by atoms with Crippen LogP contribution in [0.2, 0.25) is 0 Å². The third kappa shape index (κ3) is 3.93. The zero-order valence-electron chi connectivity index (χ0n) is 13.4. The standard InChI is InChI=1S/C22H16F2O/c23-20-12-8-18(9-13-20)22(25,19-10-14-21(24)15-11-19)16-4-7-17-5-2-1-3-6-17/h1-3,5-6,8-15,25H,16H2. The second kappa shape index (κ2) is 7.29. The topological polar surface area (TPSA) is 20.2 Å². The molecule has 0 saturated heterocycles. The van der Waals surface area contributed by atoms with Crippen molar-refractivity contribution in [2.45, 2.75) is 12.0 Å². The maximum absolute atomic E-state index is 13.2. The molecule has 1 N–H and O–H groups in total. The van der Waals surface area contributed by atoms with Gasteiger partial charge in [-0.2, -0.15) is 0 Å². The largest absolute Gasteiger partial charge is 0.379 e. The fraction of sp³-hybridized carbons (Fsp3) is 0.0909. The first-order valence-electron chi connectivity index (χ1n) is 7.86. The van der Waals surface area contributed by atoms with Gasteiger partial charge < -0.3 is 5.11 Å². The van der Waals surface area contributed by atoms with Gasteiger partial charge in [-0.3, -0.25) is 0 Å². The number of hydrogen-bond acceptors (Lipinski definition) is 1. The lowest BCUT2D eigenvalue weighted by molar-refractivity contribution is 0.0863. The summed E-state index contributed by atoms with van der Waals surface area (Å²) in [7, 11) is 0. The highest BCUT2D eigenvalue weighted by Crippen LogP contribution is 2.33. The van der Waals surface area contributed by atoms with E-state index in [0.717, 1.165) is 5.56 Å². The Bertz CT molecular complexity index is 843. The van der Waals surface area contributed by atoms with Crippen LogP contribution in [0.3, 0.4) is 0 Å². The summed E-state index contributed by atoms with van der Waals surface area (Å²) >= 11 is 0. The number of halogens is 2. The van der Waals surface area contributed by atoms with E-state index >= 15 is 0 Å². The van der Waals surface area contributed by atoms with Gasteiger partial charge in [0, 0.05) is 12.0 Å². The molecule has 0 fully saturated rings. The normalized spacial score (nSPS) is 10.8. The molecule has 0 aliphatic rings. The van der Waals surface area contributed by atoms with Gasteiger partial charge in [0.05, 0.1) is 0 Å². The molecule has 0 aliphatic heterocycles. The van der Waals surface area contributed by atoms with Crippen LogP contribution in [-0.4, -0.2) is 5.11 Å². The number of benzene rings is 3. The monoisotopic (exact) mass is 334 g/mol. The minimum absolute atomic E-state index is 0.0964. The maximum atomic E-state index is 13.2. The lowest BCUT2D eigenvalue weighted by Crippen LogP contribution is -2.26. The molecule has 124 valence electrons. The van der Waals surface area contributed by atoms with Crippen LogP contribution < -0.4 is 0 Å². The zero-order valence-corrected chi connectivity index (χ0v) is 13.4. The summed E-state index contributed by atoms with van der Waals surface area (Å²) in [5, 5.41) is 11.3. The molecule has 3 aromatic carbocycles. The van der Waals surface area contributed by atoms with Gasteiger partial charge >= 0.3 is 0 Å². The van der Waals surface area contributed by atoms with Gasteiger partial charge in [-0.25, -0.2) is 8.78 Å². The first-order valence-corrected chi connectivity index (χ1v) is 7.86. The molecular formula is C22H16F2O. The van der Waals surface area contributed by atoms with Crippen LogP contribution in [0.25, 0.3) is 0 Å². The summed E-state index contributed by atoms with van der Waals surface area (Å²) < 4.78 is 26.5. The van der Waals surface area contributed by atoms with E-state index in [2.05, 4.69) is 11.8 Å². The third-order valence-electron chi connectivity index (χ3n) is 3.99. The van der Waals surface area contributed by atoms with Crippen molar-refractivity contribution in [3.8, 4) is 11.8 Å². The second-order valence-corrected chi connectivity index (χ2v) is 5.72. The molecule has 0 saturated carbocycles. The van der Waals surface area contributed by atoms with Crippen molar-refractivity contribution >= 4 is 0 Å². The Hall–Kier alpha value is -2.96. The Morgan fingerprint density at radius 1 is 0.720 bits per heavy atom. The van der Waals surface area contributed by atoms with Crippen LogP contribution in [0.15, 0.2) is 78.9 Å². The lowest BCUT2D eigenvalue weighted by Gasteiger charge is -2.27. The van der Waals surface area contributed by atoms with Crippen molar-refractivity contribution in [1.82, 2.24) is 0 Å². The Balaban J connectivity index is 1.98. The van der Waals surface area contributed by atoms with Gasteiger partial charge in [-0.05, 0) is 47.5 Å². The molecule has 1 nitrogen and oxygen atoms in total. The predicted molar refractivity (Wildman–Crippen MR) is 93.7 cm³/mol. The molecule has 0 spiro atoms. The Morgan fingerprint density at radius 2 is 1.20 bits per heavy atom. The van der Waals surface area contributed by atoms with E-state index in [9.17, 15) is 13.9 Å². The van der Waals surface area contributed by atoms with Crippen molar-refractivity contribution < 1.29 is 13.9 Å². The second-order valence-electron chi connectivity index (χ2n) is 5.72. The summed E-state index contributed by atoms with van der Waals surface area (Å²) in [5.74, 6) is 5.21.